The first-order valence-corrected chi connectivity index (χ1v) is 9.06. The Balaban J connectivity index is 2.25. The Kier molecular flexibility index (Phi) is 4.99. The van der Waals surface area contributed by atoms with Crippen molar-refractivity contribution in [1.82, 2.24) is 4.72 Å². The molecule has 0 heterocycles. The molecule has 5 nitrogen and oxygen atoms in total. The van der Waals surface area contributed by atoms with Crippen LogP contribution >= 0.6 is 0 Å². The molecule has 0 spiro atoms. The Morgan fingerprint density at radius 3 is 2.21 bits per heavy atom. The second-order valence-corrected chi connectivity index (χ2v) is 8.21. The minimum Gasteiger partial charge on any atom is -0.370 e. The van der Waals surface area contributed by atoms with Gasteiger partial charge in [0.05, 0.1) is 4.90 Å². The smallest absolute Gasteiger partial charge is 0.265 e. The molecule has 24 heavy (non-hydrogen) atoms. The zero-order chi connectivity index (χ0) is 18.0. The monoisotopic (exact) mass is 346 g/mol. The molecule has 6 heteroatoms. The summed E-state index contributed by atoms with van der Waals surface area (Å²) in [6, 6.07) is 14.7. The molecule has 0 fully saturated rings. The molecular formula is C18H22N2O3S. The molecule has 0 aliphatic heterocycles. The number of carbonyl (C=O) groups is 1. The van der Waals surface area contributed by atoms with Gasteiger partial charge in [0.2, 0.25) is 0 Å². The third-order valence-corrected chi connectivity index (χ3v) is 5.13. The average molecular weight is 346 g/mol. The number of benzene rings is 2. The van der Waals surface area contributed by atoms with E-state index in [-0.39, 0.29) is 10.4 Å². The summed E-state index contributed by atoms with van der Waals surface area (Å²) in [5, 5.41) is 0. The highest BCUT2D eigenvalue weighted by atomic mass is 32.2. The Morgan fingerprint density at radius 2 is 1.62 bits per heavy atom. The van der Waals surface area contributed by atoms with Crippen molar-refractivity contribution in [3.8, 4) is 0 Å². The van der Waals surface area contributed by atoms with Gasteiger partial charge in [-0.2, -0.15) is 0 Å². The van der Waals surface area contributed by atoms with Crippen LogP contribution in [0.1, 0.15) is 31.1 Å². The Labute approximate surface area is 143 Å². The maximum absolute atomic E-state index is 12.3. The Hall–Kier alpha value is -2.34. The second-order valence-electron chi connectivity index (χ2n) is 6.53. The predicted molar refractivity (Wildman–Crippen MR) is 95.7 cm³/mol. The molecule has 0 bridgehead atoms. The van der Waals surface area contributed by atoms with Gasteiger partial charge in [-0.05, 0) is 51.1 Å². The fourth-order valence-corrected chi connectivity index (χ4v) is 3.08. The lowest BCUT2D eigenvalue weighted by Gasteiger charge is -2.34. The van der Waals surface area contributed by atoms with Gasteiger partial charge in [0.1, 0.15) is 0 Å². The molecule has 2 aromatic rings. The van der Waals surface area contributed by atoms with E-state index in [1.807, 2.05) is 18.0 Å². The van der Waals surface area contributed by atoms with Crippen LogP contribution in [-0.4, -0.2) is 26.9 Å². The molecule has 2 aromatic carbocycles. The fraction of sp³-hybridized carbons (Fsp3) is 0.278. The van der Waals surface area contributed by atoms with Gasteiger partial charge in [-0.1, -0.05) is 24.3 Å². The van der Waals surface area contributed by atoms with Crippen molar-refractivity contribution in [3.05, 3.63) is 60.2 Å². The van der Waals surface area contributed by atoms with Crippen LogP contribution in [0.4, 0.5) is 5.69 Å². The van der Waals surface area contributed by atoms with Gasteiger partial charge in [-0.3, -0.25) is 4.79 Å². The summed E-state index contributed by atoms with van der Waals surface area (Å²) in [4.78, 5) is 14.4. The SMILES string of the molecule is CN(c1cccc(C(=O)NS(=O)(=O)c2ccccc2)c1)C(C)(C)C. The number of carbonyl (C=O) groups excluding carboxylic acids is 1. The number of anilines is 1. The molecule has 0 aliphatic carbocycles. The largest absolute Gasteiger partial charge is 0.370 e. The molecule has 0 saturated heterocycles. The van der Waals surface area contributed by atoms with Crippen LogP contribution < -0.4 is 9.62 Å². The van der Waals surface area contributed by atoms with Gasteiger partial charge in [0, 0.05) is 23.8 Å². The van der Waals surface area contributed by atoms with Crippen molar-refractivity contribution in [1.29, 1.82) is 0 Å². The maximum atomic E-state index is 12.3. The number of amides is 1. The van der Waals surface area contributed by atoms with Crippen molar-refractivity contribution < 1.29 is 13.2 Å². The summed E-state index contributed by atoms with van der Waals surface area (Å²) in [6.07, 6.45) is 0. The summed E-state index contributed by atoms with van der Waals surface area (Å²) in [6.45, 7) is 6.17. The quantitative estimate of drug-likeness (QED) is 0.924. The first kappa shape index (κ1) is 18.0. The topological polar surface area (TPSA) is 66.5 Å². The van der Waals surface area contributed by atoms with Crippen molar-refractivity contribution >= 4 is 21.6 Å². The molecule has 0 unspecified atom stereocenters. The molecular weight excluding hydrogens is 324 g/mol. The highest BCUT2D eigenvalue weighted by Gasteiger charge is 2.21. The van der Waals surface area contributed by atoms with Crippen molar-refractivity contribution in [2.75, 3.05) is 11.9 Å². The lowest BCUT2D eigenvalue weighted by molar-refractivity contribution is 0.0981. The van der Waals surface area contributed by atoms with Crippen molar-refractivity contribution in [3.63, 3.8) is 0 Å². The van der Waals surface area contributed by atoms with E-state index in [9.17, 15) is 13.2 Å². The van der Waals surface area contributed by atoms with Crippen LogP contribution in [0.25, 0.3) is 0 Å². The number of nitrogens with zero attached hydrogens (tertiary/aromatic N) is 1. The summed E-state index contributed by atoms with van der Waals surface area (Å²) < 4.78 is 26.6. The summed E-state index contributed by atoms with van der Waals surface area (Å²) in [5.74, 6) is -0.650. The number of hydrogen-bond donors (Lipinski definition) is 1. The highest BCUT2D eigenvalue weighted by molar-refractivity contribution is 7.90. The summed E-state index contributed by atoms with van der Waals surface area (Å²) in [5.41, 5.74) is 1.01. The minimum absolute atomic E-state index is 0.0568. The third kappa shape index (κ3) is 4.14. The van der Waals surface area contributed by atoms with Gasteiger partial charge in [-0.15, -0.1) is 0 Å². The molecule has 0 atom stereocenters. The van der Waals surface area contributed by atoms with E-state index >= 15 is 0 Å². The summed E-state index contributed by atoms with van der Waals surface area (Å²) in [7, 11) is -1.95. The maximum Gasteiger partial charge on any atom is 0.265 e. The highest BCUT2D eigenvalue weighted by Crippen LogP contribution is 2.22. The lowest BCUT2D eigenvalue weighted by atomic mass is 10.0. The summed E-state index contributed by atoms with van der Waals surface area (Å²) >= 11 is 0. The molecule has 1 amide bonds. The number of hydrogen-bond acceptors (Lipinski definition) is 4. The second kappa shape index (κ2) is 6.65. The first-order valence-electron chi connectivity index (χ1n) is 7.57. The first-order chi connectivity index (χ1) is 11.1. The molecule has 128 valence electrons. The Morgan fingerprint density at radius 1 is 1.00 bits per heavy atom. The van der Waals surface area contributed by atoms with Crippen molar-refractivity contribution in [2.24, 2.45) is 0 Å². The van der Waals surface area contributed by atoms with E-state index in [2.05, 4.69) is 25.5 Å². The molecule has 0 aromatic heterocycles. The predicted octanol–water partition coefficient (Wildman–Crippen LogP) is 3.04. The van der Waals surface area contributed by atoms with Crippen molar-refractivity contribution in [2.45, 2.75) is 31.2 Å². The number of nitrogens with one attached hydrogen (secondary N) is 1. The fourth-order valence-electron chi connectivity index (χ4n) is 2.08. The number of sulfonamides is 1. The molecule has 0 saturated carbocycles. The van der Waals surface area contributed by atoms with Gasteiger partial charge >= 0.3 is 0 Å². The van der Waals surface area contributed by atoms with Crippen LogP contribution in [0.5, 0.6) is 0 Å². The molecule has 2 rings (SSSR count). The number of rotatable bonds is 4. The van der Waals surface area contributed by atoms with E-state index in [4.69, 9.17) is 0 Å². The van der Waals surface area contributed by atoms with Gasteiger partial charge in [0.15, 0.2) is 0 Å². The Bertz CT molecular complexity index is 825. The van der Waals surface area contributed by atoms with Gasteiger partial charge in [-0.25, -0.2) is 13.1 Å². The van der Waals surface area contributed by atoms with E-state index in [0.717, 1.165) is 5.69 Å². The normalized spacial score (nSPS) is 11.8. The van der Waals surface area contributed by atoms with Gasteiger partial charge < -0.3 is 4.90 Å². The van der Waals surface area contributed by atoms with Crippen LogP contribution in [-0.2, 0) is 10.0 Å². The zero-order valence-corrected chi connectivity index (χ0v) is 15.1. The van der Waals surface area contributed by atoms with Crippen LogP contribution in [0, 0.1) is 0 Å². The van der Waals surface area contributed by atoms with E-state index < -0.39 is 15.9 Å². The molecule has 0 aliphatic rings. The van der Waals surface area contributed by atoms with E-state index in [0.29, 0.717) is 5.56 Å². The third-order valence-electron chi connectivity index (χ3n) is 3.78. The van der Waals surface area contributed by atoms with Crippen LogP contribution in [0.3, 0.4) is 0 Å². The van der Waals surface area contributed by atoms with E-state index in [1.165, 1.54) is 12.1 Å². The van der Waals surface area contributed by atoms with Crippen LogP contribution in [0.15, 0.2) is 59.5 Å². The lowest BCUT2D eigenvalue weighted by Crippen LogP contribution is -2.38. The standard InChI is InChI=1S/C18H22N2O3S/c1-18(2,3)20(4)15-10-8-9-14(13-15)17(21)19-24(22,23)16-11-6-5-7-12-16/h5-13H,1-4H3,(H,19,21). The minimum atomic E-state index is -3.88. The zero-order valence-electron chi connectivity index (χ0n) is 14.3. The average Bonchev–Trinajstić information content (AvgIpc) is 2.54. The molecule has 0 radical (unpaired) electrons. The van der Waals surface area contributed by atoms with Gasteiger partial charge in [0.25, 0.3) is 15.9 Å². The van der Waals surface area contributed by atoms with E-state index in [1.54, 1.807) is 36.4 Å². The van der Waals surface area contributed by atoms with Crippen LogP contribution in [0.2, 0.25) is 0 Å². The molecule has 1 N–H and O–H groups in total.